The van der Waals surface area contributed by atoms with Crippen LogP contribution in [0.5, 0.6) is 11.5 Å². The van der Waals surface area contributed by atoms with Crippen molar-refractivity contribution in [3.05, 3.63) is 98.9 Å². The lowest BCUT2D eigenvalue weighted by atomic mass is 10.1. The number of Topliss-reactive ketones (excluding diaryl/α,β-unsaturated/α-hetero) is 1. The summed E-state index contributed by atoms with van der Waals surface area (Å²) in [5, 5.41) is 11.7. The fraction of sp³-hybridized carbons (Fsp3) is 0.0435. The molecule has 30 heavy (non-hydrogen) atoms. The highest BCUT2D eigenvalue weighted by atomic mass is 16.6. The van der Waals surface area contributed by atoms with Gasteiger partial charge in [-0.2, -0.15) is 0 Å². The Bertz CT molecular complexity index is 1340. The van der Waals surface area contributed by atoms with Crippen LogP contribution in [0.4, 0.5) is 5.69 Å². The molecule has 7 nitrogen and oxygen atoms in total. The number of carbonyl (C=O) groups is 1. The zero-order chi connectivity index (χ0) is 21.3. The standard InChI is InChI=1S/C23H15NO6/c1-14(25)16-7-10-21(20(11-16)24(27)28)30-17-8-9-18-22(12-17)29-13-19(23(18)26)15-5-3-2-4-6-15/h2-13H,1H3. The van der Waals surface area contributed by atoms with Crippen LogP contribution in [0.3, 0.4) is 0 Å². The molecule has 0 saturated heterocycles. The van der Waals surface area contributed by atoms with Gasteiger partial charge in [0.1, 0.15) is 17.6 Å². The molecule has 0 saturated carbocycles. The molecule has 0 aliphatic heterocycles. The van der Waals surface area contributed by atoms with E-state index in [1.165, 1.54) is 43.5 Å². The van der Waals surface area contributed by atoms with Gasteiger partial charge in [-0.05, 0) is 36.8 Å². The number of ketones is 1. The van der Waals surface area contributed by atoms with Gasteiger partial charge in [0.25, 0.3) is 0 Å². The van der Waals surface area contributed by atoms with E-state index in [2.05, 4.69) is 0 Å². The molecule has 0 N–H and O–H groups in total. The molecular formula is C23H15NO6. The van der Waals surface area contributed by atoms with Gasteiger partial charge in [-0.3, -0.25) is 19.7 Å². The van der Waals surface area contributed by atoms with E-state index in [0.29, 0.717) is 16.5 Å². The maximum atomic E-state index is 12.8. The number of ether oxygens (including phenoxy) is 1. The average molecular weight is 401 g/mol. The number of carbonyl (C=O) groups excluding carboxylic acids is 1. The van der Waals surface area contributed by atoms with Gasteiger partial charge >= 0.3 is 5.69 Å². The summed E-state index contributed by atoms with van der Waals surface area (Å²) >= 11 is 0. The minimum Gasteiger partial charge on any atom is -0.463 e. The fourth-order valence-electron chi connectivity index (χ4n) is 3.08. The first-order valence-electron chi connectivity index (χ1n) is 9.02. The second-order valence-electron chi connectivity index (χ2n) is 6.60. The number of benzene rings is 3. The molecule has 0 spiro atoms. The van der Waals surface area contributed by atoms with Gasteiger partial charge in [0.15, 0.2) is 11.2 Å². The highest BCUT2D eigenvalue weighted by Crippen LogP contribution is 2.33. The lowest BCUT2D eigenvalue weighted by Crippen LogP contribution is -2.04. The zero-order valence-corrected chi connectivity index (χ0v) is 15.8. The molecule has 0 amide bonds. The molecule has 4 aromatic rings. The first-order chi connectivity index (χ1) is 14.4. The molecule has 0 unspecified atom stereocenters. The smallest absolute Gasteiger partial charge is 0.312 e. The van der Waals surface area contributed by atoms with Crippen molar-refractivity contribution in [1.82, 2.24) is 0 Å². The second kappa shape index (κ2) is 7.63. The molecule has 148 valence electrons. The van der Waals surface area contributed by atoms with E-state index in [4.69, 9.17) is 9.15 Å². The van der Waals surface area contributed by atoms with E-state index >= 15 is 0 Å². The van der Waals surface area contributed by atoms with Crippen molar-refractivity contribution in [3.8, 4) is 22.6 Å². The van der Waals surface area contributed by atoms with Gasteiger partial charge in [0, 0.05) is 17.7 Å². The summed E-state index contributed by atoms with van der Waals surface area (Å²) in [5.41, 5.74) is 1.17. The number of hydrogen-bond acceptors (Lipinski definition) is 6. The van der Waals surface area contributed by atoms with Crippen molar-refractivity contribution in [3.63, 3.8) is 0 Å². The number of nitrogens with zero attached hydrogens (tertiary/aromatic N) is 1. The number of rotatable bonds is 5. The number of nitro benzene ring substituents is 1. The molecule has 0 atom stereocenters. The van der Waals surface area contributed by atoms with Crippen LogP contribution >= 0.6 is 0 Å². The van der Waals surface area contributed by atoms with Crippen LogP contribution in [-0.2, 0) is 0 Å². The summed E-state index contributed by atoms with van der Waals surface area (Å²) in [7, 11) is 0. The Kier molecular flexibility index (Phi) is 4.85. The lowest BCUT2D eigenvalue weighted by molar-refractivity contribution is -0.385. The van der Waals surface area contributed by atoms with E-state index < -0.39 is 4.92 Å². The molecular weight excluding hydrogens is 386 g/mol. The van der Waals surface area contributed by atoms with Crippen molar-refractivity contribution >= 4 is 22.4 Å². The van der Waals surface area contributed by atoms with Crippen LogP contribution in [-0.4, -0.2) is 10.7 Å². The highest BCUT2D eigenvalue weighted by molar-refractivity contribution is 5.95. The SMILES string of the molecule is CC(=O)c1ccc(Oc2ccc3c(=O)c(-c4ccccc4)coc3c2)c([N+](=O)[O-])c1. The summed E-state index contributed by atoms with van der Waals surface area (Å²) < 4.78 is 11.3. The quantitative estimate of drug-likeness (QED) is 0.253. The van der Waals surface area contributed by atoms with Crippen LogP contribution in [0.2, 0.25) is 0 Å². The third kappa shape index (κ3) is 3.56. The first-order valence-corrected chi connectivity index (χ1v) is 9.02. The largest absolute Gasteiger partial charge is 0.463 e. The fourth-order valence-corrected chi connectivity index (χ4v) is 3.08. The summed E-state index contributed by atoms with van der Waals surface area (Å²) in [6.07, 6.45) is 1.38. The van der Waals surface area contributed by atoms with E-state index in [1.54, 1.807) is 6.07 Å². The topological polar surface area (TPSA) is 99.7 Å². The van der Waals surface area contributed by atoms with Crippen LogP contribution in [0.15, 0.2) is 82.2 Å². The zero-order valence-electron chi connectivity index (χ0n) is 15.8. The molecule has 0 radical (unpaired) electrons. The molecule has 0 fully saturated rings. The number of nitro groups is 1. The summed E-state index contributed by atoms with van der Waals surface area (Å²) in [5.74, 6) is -0.0456. The minimum absolute atomic E-state index is 0.0207. The van der Waals surface area contributed by atoms with Gasteiger partial charge in [0.05, 0.1) is 15.9 Å². The van der Waals surface area contributed by atoms with Gasteiger partial charge in [0.2, 0.25) is 5.75 Å². The summed E-state index contributed by atoms with van der Waals surface area (Å²) in [6, 6.07) is 17.7. The minimum atomic E-state index is -0.616. The average Bonchev–Trinajstić information content (AvgIpc) is 2.74. The van der Waals surface area contributed by atoms with E-state index in [1.807, 2.05) is 30.3 Å². The van der Waals surface area contributed by atoms with Crippen LogP contribution in [0.25, 0.3) is 22.1 Å². The van der Waals surface area contributed by atoms with E-state index in [9.17, 15) is 19.7 Å². The van der Waals surface area contributed by atoms with Crippen molar-refractivity contribution in [2.45, 2.75) is 6.92 Å². The monoisotopic (exact) mass is 401 g/mol. The summed E-state index contributed by atoms with van der Waals surface area (Å²) in [6.45, 7) is 1.33. The van der Waals surface area contributed by atoms with Crippen LogP contribution in [0.1, 0.15) is 17.3 Å². The first kappa shape index (κ1) is 19.1. The number of hydrogen-bond donors (Lipinski definition) is 0. The van der Waals surface area contributed by atoms with Crippen molar-refractivity contribution in [2.24, 2.45) is 0 Å². The second-order valence-corrected chi connectivity index (χ2v) is 6.60. The molecule has 0 bridgehead atoms. The Morgan fingerprint density at radius 1 is 1.03 bits per heavy atom. The van der Waals surface area contributed by atoms with Gasteiger partial charge < -0.3 is 9.15 Å². The lowest BCUT2D eigenvalue weighted by Gasteiger charge is -2.08. The summed E-state index contributed by atoms with van der Waals surface area (Å²) in [4.78, 5) is 35.1. The van der Waals surface area contributed by atoms with E-state index in [0.717, 1.165) is 5.56 Å². The van der Waals surface area contributed by atoms with Crippen molar-refractivity contribution in [1.29, 1.82) is 0 Å². The van der Waals surface area contributed by atoms with Crippen molar-refractivity contribution < 1.29 is 18.9 Å². The highest BCUT2D eigenvalue weighted by Gasteiger charge is 2.19. The Morgan fingerprint density at radius 2 is 1.80 bits per heavy atom. The molecule has 3 aromatic carbocycles. The molecule has 1 heterocycles. The third-order valence-electron chi connectivity index (χ3n) is 4.62. The predicted molar refractivity (Wildman–Crippen MR) is 111 cm³/mol. The Hall–Kier alpha value is -4.26. The Labute approximate surface area is 170 Å². The van der Waals surface area contributed by atoms with Crippen LogP contribution < -0.4 is 10.2 Å². The van der Waals surface area contributed by atoms with Crippen LogP contribution in [0, 0.1) is 10.1 Å². The van der Waals surface area contributed by atoms with Gasteiger partial charge in [-0.25, -0.2) is 0 Å². The molecule has 1 aromatic heterocycles. The Balaban J connectivity index is 1.73. The molecule has 0 aliphatic carbocycles. The third-order valence-corrected chi connectivity index (χ3v) is 4.62. The number of fused-ring (bicyclic) bond motifs is 1. The molecule has 7 heteroatoms. The van der Waals surface area contributed by atoms with Crippen molar-refractivity contribution in [2.75, 3.05) is 0 Å². The molecule has 4 rings (SSSR count). The molecule has 0 aliphatic rings. The maximum Gasteiger partial charge on any atom is 0.312 e. The predicted octanol–water partition coefficient (Wildman–Crippen LogP) is 5.36. The normalized spacial score (nSPS) is 10.7. The Morgan fingerprint density at radius 3 is 2.50 bits per heavy atom. The van der Waals surface area contributed by atoms with Gasteiger partial charge in [-0.1, -0.05) is 30.3 Å². The van der Waals surface area contributed by atoms with Gasteiger partial charge in [-0.15, -0.1) is 0 Å². The van der Waals surface area contributed by atoms with E-state index in [-0.39, 0.29) is 34.0 Å². The maximum absolute atomic E-state index is 12.8.